The second-order valence-corrected chi connectivity index (χ2v) is 14.1. The normalized spacial score (nSPS) is 13.0. The number of rotatable bonds is 14. The van der Waals surface area contributed by atoms with Gasteiger partial charge in [0.05, 0.1) is 23.9 Å². The number of amides is 2. The molecule has 1 atom stereocenters. The number of nitrogens with zero attached hydrogens (tertiary/aromatic N) is 2. The molecular formula is C32H43F2N4O7P. The molecule has 3 rings (SSSR count). The van der Waals surface area contributed by atoms with E-state index in [1.54, 1.807) is 53.8 Å². The highest BCUT2D eigenvalue weighted by Crippen LogP contribution is 2.55. The van der Waals surface area contributed by atoms with Crippen molar-refractivity contribution in [2.24, 2.45) is 0 Å². The summed E-state index contributed by atoms with van der Waals surface area (Å²) in [5.74, 6) is -2.27. The minimum atomic E-state index is -3.99. The summed E-state index contributed by atoms with van der Waals surface area (Å²) in [5, 5.41) is 5.52. The molecule has 1 unspecified atom stereocenters. The van der Waals surface area contributed by atoms with E-state index in [4.69, 9.17) is 18.3 Å². The summed E-state index contributed by atoms with van der Waals surface area (Å²) in [6.07, 6.45) is 1.22. The fraction of sp³-hybridized carbons (Fsp3) is 0.469. The molecule has 0 aliphatic rings. The number of benzene rings is 2. The summed E-state index contributed by atoms with van der Waals surface area (Å²) in [4.78, 5) is 29.7. The lowest BCUT2D eigenvalue weighted by Gasteiger charge is -2.32. The molecule has 0 aliphatic heterocycles. The zero-order valence-corrected chi connectivity index (χ0v) is 28.2. The lowest BCUT2D eigenvalue weighted by atomic mass is 10.1. The summed E-state index contributed by atoms with van der Waals surface area (Å²) in [6.45, 7) is 11.0. The van der Waals surface area contributed by atoms with Gasteiger partial charge in [-0.05, 0) is 71.9 Å². The van der Waals surface area contributed by atoms with E-state index in [1.165, 1.54) is 24.1 Å². The third kappa shape index (κ3) is 12.0. The first-order valence-corrected chi connectivity index (χ1v) is 16.3. The molecule has 0 saturated heterocycles. The number of phosphoric ester groups is 1. The maximum absolute atomic E-state index is 14.3. The number of aromatic nitrogens is 1. The summed E-state index contributed by atoms with van der Waals surface area (Å²) in [5.41, 5.74) is 1.16. The van der Waals surface area contributed by atoms with Crippen molar-refractivity contribution in [3.63, 3.8) is 0 Å². The Hall–Kier alpha value is -3.48. The van der Waals surface area contributed by atoms with Crippen LogP contribution >= 0.6 is 7.82 Å². The Bertz CT molecular complexity index is 1520. The average Bonchev–Trinajstić information content (AvgIpc) is 2.93. The number of fused-ring (bicyclic) bond motifs is 1. The Morgan fingerprint density at radius 3 is 2.26 bits per heavy atom. The molecule has 0 radical (unpaired) electrons. The SMILES string of the molecule is CC(=O)N(NCc1cccc(F)c1F)C(CCCOP(=O)(OC(C)(C)C)OC(C)(C)C)COC(=O)Nc1cc2ccccc2cn1. The van der Waals surface area contributed by atoms with Gasteiger partial charge in [0.2, 0.25) is 5.91 Å². The van der Waals surface area contributed by atoms with Crippen LogP contribution in [0.25, 0.3) is 10.8 Å². The number of carbonyl (C=O) groups is 2. The van der Waals surface area contributed by atoms with Gasteiger partial charge in [0.1, 0.15) is 12.4 Å². The maximum atomic E-state index is 14.3. The van der Waals surface area contributed by atoms with Crippen LogP contribution in [0.4, 0.5) is 19.4 Å². The standard InChI is InChI=1S/C32H43F2N4O7P/c1-22(39)38(36-20-25-14-10-16-27(33)29(25)34)26(15-11-17-43-46(41,44-31(2,3)4)45-32(5,6)7)21-42-30(40)37-28-18-23-12-8-9-13-24(23)19-35-28/h8-10,12-14,16,18-19,26,36H,11,15,17,20-21H2,1-7H3,(H,35,37,40). The minimum absolute atomic E-state index is 0.00558. The Kier molecular flexibility index (Phi) is 12.8. The van der Waals surface area contributed by atoms with Crippen LogP contribution in [0, 0.1) is 11.6 Å². The van der Waals surface area contributed by atoms with Crippen LogP contribution in [0.5, 0.6) is 0 Å². The van der Waals surface area contributed by atoms with Gasteiger partial charge in [0.15, 0.2) is 11.6 Å². The molecule has 252 valence electrons. The van der Waals surface area contributed by atoms with Crippen LogP contribution in [0.15, 0.2) is 54.7 Å². The Balaban J connectivity index is 1.72. The number of carbonyl (C=O) groups excluding carboxylic acids is 2. The third-order valence-electron chi connectivity index (χ3n) is 6.15. The highest BCUT2D eigenvalue weighted by atomic mass is 31.2. The molecule has 14 heteroatoms. The number of hydrogen-bond acceptors (Lipinski definition) is 9. The number of hydrogen-bond donors (Lipinski definition) is 2. The molecule has 46 heavy (non-hydrogen) atoms. The zero-order chi connectivity index (χ0) is 34.1. The fourth-order valence-electron chi connectivity index (χ4n) is 4.34. The Labute approximate surface area is 268 Å². The minimum Gasteiger partial charge on any atom is -0.447 e. The summed E-state index contributed by atoms with van der Waals surface area (Å²) in [7, 11) is -3.99. The molecule has 0 fully saturated rings. The van der Waals surface area contributed by atoms with Crippen molar-refractivity contribution in [2.45, 2.75) is 85.1 Å². The smallest absolute Gasteiger partial charge is 0.447 e. The predicted octanol–water partition coefficient (Wildman–Crippen LogP) is 7.52. The van der Waals surface area contributed by atoms with Gasteiger partial charge in [-0.3, -0.25) is 28.7 Å². The van der Waals surface area contributed by atoms with Crippen molar-refractivity contribution < 1.29 is 41.2 Å². The van der Waals surface area contributed by atoms with Gasteiger partial charge in [-0.2, -0.15) is 0 Å². The summed E-state index contributed by atoms with van der Waals surface area (Å²) >= 11 is 0. The number of pyridine rings is 1. The first-order valence-electron chi connectivity index (χ1n) is 14.9. The monoisotopic (exact) mass is 664 g/mol. The largest absolute Gasteiger partial charge is 0.475 e. The van der Waals surface area contributed by atoms with Crippen molar-refractivity contribution in [1.82, 2.24) is 15.4 Å². The van der Waals surface area contributed by atoms with Gasteiger partial charge in [0, 0.05) is 30.6 Å². The van der Waals surface area contributed by atoms with E-state index in [0.717, 1.165) is 16.8 Å². The number of ether oxygens (including phenoxy) is 1. The maximum Gasteiger partial charge on any atom is 0.475 e. The fourth-order valence-corrected chi connectivity index (χ4v) is 6.18. The van der Waals surface area contributed by atoms with E-state index in [-0.39, 0.29) is 44.0 Å². The molecule has 1 aromatic heterocycles. The van der Waals surface area contributed by atoms with E-state index in [2.05, 4.69) is 15.7 Å². The Morgan fingerprint density at radius 2 is 1.63 bits per heavy atom. The van der Waals surface area contributed by atoms with Crippen molar-refractivity contribution in [1.29, 1.82) is 0 Å². The summed E-state index contributed by atoms with van der Waals surface area (Å²) < 4.78 is 64.0. The van der Waals surface area contributed by atoms with Gasteiger partial charge >= 0.3 is 13.9 Å². The Morgan fingerprint density at radius 1 is 0.978 bits per heavy atom. The van der Waals surface area contributed by atoms with Crippen LogP contribution in [-0.2, 0) is 34.2 Å². The summed E-state index contributed by atoms with van der Waals surface area (Å²) in [6, 6.07) is 12.1. The quantitative estimate of drug-likeness (QED) is 0.102. The molecule has 0 aliphatic carbocycles. The lowest BCUT2D eigenvalue weighted by molar-refractivity contribution is -0.136. The number of hydrazine groups is 1. The van der Waals surface area contributed by atoms with E-state index < -0.39 is 48.7 Å². The van der Waals surface area contributed by atoms with Crippen molar-refractivity contribution in [3.8, 4) is 0 Å². The molecule has 11 nitrogen and oxygen atoms in total. The molecule has 1 heterocycles. The molecule has 3 aromatic rings. The second kappa shape index (κ2) is 15.9. The molecule has 2 amide bonds. The van der Waals surface area contributed by atoms with Crippen molar-refractivity contribution in [3.05, 3.63) is 71.9 Å². The van der Waals surface area contributed by atoms with Crippen LogP contribution in [0.2, 0.25) is 0 Å². The van der Waals surface area contributed by atoms with E-state index in [9.17, 15) is 22.9 Å². The predicted molar refractivity (Wildman–Crippen MR) is 171 cm³/mol. The van der Waals surface area contributed by atoms with E-state index >= 15 is 0 Å². The first kappa shape index (κ1) is 37.0. The second-order valence-electron chi connectivity index (χ2n) is 12.6. The highest BCUT2D eigenvalue weighted by Gasteiger charge is 2.37. The average molecular weight is 665 g/mol. The molecule has 2 N–H and O–H groups in total. The van der Waals surface area contributed by atoms with Crippen molar-refractivity contribution >= 4 is 36.4 Å². The van der Waals surface area contributed by atoms with Gasteiger partial charge < -0.3 is 4.74 Å². The van der Waals surface area contributed by atoms with E-state index in [0.29, 0.717) is 0 Å². The van der Waals surface area contributed by atoms with E-state index in [1.807, 2.05) is 24.3 Å². The number of anilines is 1. The number of nitrogens with one attached hydrogen (secondary N) is 2. The molecule has 0 saturated carbocycles. The van der Waals surface area contributed by atoms with Crippen LogP contribution < -0.4 is 10.7 Å². The molecule has 0 bridgehead atoms. The zero-order valence-electron chi connectivity index (χ0n) is 27.3. The molecule has 2 aromatic carbocycles. The topological polar surface area (TPSA) is 128 Å². The van der Waals surface area contributed by atoms with Gasteiger partial charge in [-0.1, -0.05) is 36.4 Å². The number of phosphoric acid groups is 1. The third-order valence-corrected chi connectivity index (χ3v) is 8.19. The molecule has 0 spiro atoms. The molecular weight excluding hydrogens is 621 g/mol. The van der Waals surface area contributed by atoms with Gasteiger partial charge in [0.25, 0.3) is 0 Å². The highest BCUT2D eigenvalue weighted by molar-refractivity contribution is 7.48. The van der Waals surface area contributed by atoms with Crippen LogP contribution in [0.1, 0.15) is 66.9 Å². The van der Waals surface area contributed by atoms with Crippen LogP contribution in [-0.4, -0.2) is 52.5 Å². The van der Waals surface area contributed by atoms with Gasteiger partial charge in [-0.25, -0.2) is 28.6 Å². The lowest BCUT2D eigenvalue weighted by Crippen LogP contribution is -2.50. The van der Waals surface area contributed by atoms with Crippen molar-refractivity contribution in [2.75, 3.05) is 18.5 Å². The van der Waals surface area contributed by atoms with Crippen LogP contribution in [0.3, 0.4) is 0 Å². The number of halogens is 2. The van der Waals surface area contributed by atoms with Gasteiger partial charge in [-0.15, -0.1) is 0 Å². The first-order chi connectivity index (χ1) is 21.4.